The molecule has 1 aromatic heterocycles. The minimum Gasteiger partial charge on any atom is -0.354 e. The van der Waals surface area contributed by atoms with Gasteiger partial charge in [-0.25, -0.2) is 17.1 Å². The quantitative estimate of drug-likeness (QED) is 0.278. The molecule has 0 aliphatic heterocycles. The molecule has 0 aliphatic rings. The first-order valence-electron chi connectivity index (χ1n) is 12.0. The van der Waals surface area contributed by atoms with Crippen LogP contribution in [0.1, 0.15) is 41.9 Å². The van der Waals surface area contributed by atoms with Gasteiger partial charge in [-0.15, -0.1) is 11.3 Å². The Morgan fingerprint density at radius 3 is 2.50 bits per heavy atom. The molecule has 1 heterocycles. The van der Waals surface area contributed by atoms with Crippen molar-refractivity contribution in [3.63, 3.8) is 0 Å². The summed E-state index contributed by atoms with van der Waals surface area (Å²) in [6.45, 7) is 6.13. The van der Waals surface area contributed by atoms with Gasteiger partial charge in [-0.05, 0) is 55.5 Å². The highest BCUT2D eigenvalue weighted by molar-refractivity contribution is 7.89. The summed E-state index contributed by atoms with van der Waals surface area (Å²) in [7, 11) is -2.55. The van der Waals surface area contributed by atoms with Gasteiger partial charge in [0.15, 0.2) is 0 Å². The van der Waals surface area contributed by atoms with Gasteiger partial charge in [0.2, 0.25) is 15.9 Å². The lowest BCUT2D eigenvalue weighted by atomic mass is 10.0. The van der Waals surface area contributed by atoms with Gasteiger partial charge in [0.05, 0.1) is 10.0 Å². The third kappa shape index (κ3) is 7.24. The summed E-state index contributed by atoms with van der Waals surface area (Å²) in [6, 6.07) is 8.07. The van der Waals surface area contributed by atoms with Crippen LogP contribution >= 0.6 is 34.5 Å². The smallest absolute Gasteiger partial charge is 0.263 e. The maximum absolute atomic E-state index is 13.3. The SMILES string of the molecule is Cc1ccc2c(Cl)c(C(=O)N[C@@H](CC(C)C)C(=O)NCCCN(C)S(=O)(=O)c3ccc(F)cc3Cl)sc2c1. The molecular weight excluding hydrogens is 572 g/mol. The van der Waals surface area contributed by atoms with Gasteiger partial charge >= 0.3 is 0 Å². The molecule has 0 aliphatic carbocycles. The van der Waals surface area contributed by atoms with Crippen LogP contribution in [0.2, 0.25) is 10.0 Å². The number of halogens is 3. The summed E-state index contributed by atoms with van der Waals surface area (Å²) in [5.74, 6) is -1.29. The number of carbonyl (C=O) groups is 2. The fourth-order valence-corrected chi connectivity index (χ4v) is 7.08. The number of fused-ring (bicyclic) bond motifs is 1. The van der Waals surface area contributed by atoms with Crippen LogP contribution in [0.15, 0.2) is 41.3 Å². The van der Waals surface area contributed by atoms with Gasteiger partial charge < -0.3 is 10.6 Å². The van der Waals surface area contributed by atoms with Crippen LogP contribution in [-0.2, 0) is 14.8 Å². The molecule has 2 amide bonds. The molecule has 0 saturated carbocycles. The number of amides is 2. The average molecular weight is 603 g/mol. The summed E-state index contributed by atoms with van der Waals surface area (Å²) >= 11 is 13.7. The zero-order chi connectivity index (χ0) is 28.2. The Bertz CT molecular complexity index is 1440. The zero-order valence-corrected chi connectivity index (χ0v) is 24.6. The van der Waals surface area contributed by atoms with Gasteiger partial charge in [-0.2, -0.15) is 0 Å². The molecule has 0 fully saturated rings. The highest BCUT2D eigenvalue weighted by Crippen LogP contribution is 2.36. The van der Waals surface area contributed by atoms with Crippen LogP contribution in [0.3, 0.4) is 0 Å². The fourth-order valence-electron chi connectivity index (χ4n) is 3.85. The van der Waals surface area contributed by atoms with Gasteiger partial charge in [0.25, 0.3) is 5.91 Å². The van der Waals surface area contributed by atoms with Crippen molar-refractivity contribution in [3.05, 3.63) is 62.7 Å². The van der Waals surface area contributed by atoms with Gasteiger partial charge in [-0.3, -0.25) is 9.59 Å². The molecule has 1 atom stereocenters. The lowest BCUT2D eigenvalue weighted by Gasteiger charge is -2.21. The van der Waals surface area contributed by atoms with Crippen molar-refractivity contribution in [1.29, 1.82) is 0 Å². The van der Waals surface area contributed by atoms with Crippen molar-refractivity contribution in [2.75, 3.05) is 20.1 Å². The number of carbonyl (C=O) groups excluding carboxylic acids is 2. The first-order chi connectivity index (χ1) is 17.8. The van der Waals surface area contributed by atoms with E-state index >= 15 is 0 Å². The van der Waals surface area contributed by atoms with E-state index in [2.05, 4.69) is 10.6 Å². The summed E-state index contributed by atoms with van der Waals surface area (Å²) in [5, 5.41) is 6.53. The van der Waals surface area contributed by atoms with Crippen molar-refractivity contribution >= 4 is 66.5 Å². The van der Waals surface area contributed by atoms with Gasteiger partial charge in [0.1, 0.15) is 21.6 Å². The van der Waals surface area contributed by atoms with Crippen LogP contribution < -0.4 is 10.6 Å². The van der Waals surface area contributed by atoms with Crippen LogP contribution in [-0.4, -0.2) is 50.7 Å². The Hall–Kier alpha value is -2.24. The number of benzene rings is 2. The fraction of sp³-hybridized carbons (Fsp3) is 0.385. The number of nitrogens with zero attached hydrogens (tertiary/aromatic N) is 1. The minimum absolute atomic E-state index is 0.0916. The second-order valence-corrected chi connectivity index (χ2v) is 13.3. The van der Waals surface area contributed by atoms with E-state index in [4.69, 9.17) is 23.2 Å². The summed E-state index contributed by atoms with van der Waals surface area (Å²) in [5.41, 5.74) is 1.05. The Kier molecular flexibility index (Phi) is 10.2. The molecule has 7 nitrogen and oxygen atoms in total. The van der Waals surface area contributed by atoms with Crippen molar-refractivity contribution in [1.82, 2.24) is 14.9 Å². The van der Waals surface area contributed by atoms with Crippen molar-refractivity contribution in [2.45, 2.75) is 44.6 Å². The molecule has 2 N–H and O–H groups in total. The van der Waals surface area contributed by atoms with Crippen molar-refractivity contribution in [2.24, 2.45) is 5.92 Å². The summed E-state index contributed by atoms with van der Waals surface area (Å²) in [4.78, 5) is 26.2. The van der Waals surface area contributed by atoms with Crippen molar-refractivity contribution < 1.29 is 22.4 Å². The third-order valence-electron chi connectivity index (χ3n) is 5.85. The largest absolute Gasteiger partial charge is 0.354 e. The second kappa shape index (κ2) is 12.7. The molecule has 0 unspecified atom stereocenters. The van der Waals surface area contributed by atoms with Crippen LogP contribution in [0.25, 0.3) is 10.1 Å². The predicted octanol–water partition coefficient (Wildman–Crippen LogP) is 5.63. The maximum atomic E-state index is 13.3. The molecule has 0 bridgehead atoms. The summed E-state index contributed by atoms with van der Waals surface area (Å²) in [6.07, 6.45) is 0.723. The Balaban J connectivity index is 1.60. The molecule has 0 radical (unpaired) electrons. The monoisotopic (exact) mass is 601 g/mol. The lowest BCUT2D eigenvalue weighted by molar-refractivity contribution is -0.123. The minimum atomic E-state index is -3.93. The molecule has 38 heavy (non-hydrogen) atoms. The molecule has 206 valence electrons. The van der Waals surface area contributed by atoms with Crippen LogP contribution in [0, 0.1) is 18.7 Å². The lowest BCUT2D eigenvalue weighted by Crippen LogP contribution is -2.47. The maximum Gasteiger partial charge on any atom is 0.263 e. The molecule has 0 saturated heterocycles. The highest BCUT2D eigenvalue weighted by Gasteiger charge is 2.26. The average Bonchev–Trinajstić information content (AvgIpc) is 3.15. The Labute approximate surface area is 236 Å². The van der Waals surface area contributed by atoms with E-state index in [0.717, 1.165) is 38.2 Å². The standard InChI is InChI=1S/C26H30Cl2FN3O4S2/c1-15(2)12-20(31-26(34)24-23(28)18-8-6-16(3)13-21(18)37-24)25(33)30-10-5-11-32(4)38(35,36)22-9-7-17(29)14-19(22)27/h6-9,13-15,20H,5,10-12H2,1-4H3,(H,30,33)(H,31,34)/t20-/m0/s1. The zero-order valence-electron chi connectivity index (χ0n) is 21.5. The molecule has 3 aromatic rings. The Morgan fingerprint density at radius 2 is 1.84 bits per heavy atom. The second-order valence-electron chi connectivity index (χ2n) is 9.45. The summed E-state index contributed by atoms with van der Waals surface area (Å²) < 4.78 is 40.8. The number of hydrogen-bond acceptors (Lipinski definition) is 5. The molecule has 3 rings (SSSR count). The first kappa shape index (κ1) is 30.3. The van der Waals surface area contributed by atoms with E-state index < -0.39 is 27.8 Å². The van der Waals surface area contributed by atoms with Gasteiger partial charge in [-0.1, -0.05) is 49.2 Å². The Morgan fingerprint density at radius 1 is 1.13 bits per heavy atom. The molecular formula is C26H30Cl2FN3O4S2. The molecule has 12 heteroatoms. The van der Waals surface area contributed by atoms with Crippen LogP contribution in [0.4, 0.5) is 4.39 Å². The van der Waals surface area contributed by atoms with E-state index in [1.807, 2.05) is 39.0 Å². The first-order valence-corrected chi connectivity index (χ1v) is 15.0. The topological polar surface area (TPSA) is 95.6 Å². The van der Waals surface area contributed by atoms with Crippen LogP contribution in [0.5, 0.6) is 0 Å². The number of aryl methyl sites for hydroxylation is 1. The van der Waals surface area contributed by atoms with E-state index in [0.29, 0.717) is 22.7 Å². The number of nitrogens with one attached hydrogen (secondary N) is 2. The third-order valence-corrected chi connectivity index (χ3v) is 9.85. The predicted molar refractivity (Wildman–Crippen MR) is 151 cm³/mol. The van der Waals surface area contributed by atoms with E-state index in [1.54, 1.807) is 0 Å². The number of thiophene rings is 1. The molecule has 0 spiro atoms. The van der Waals surface area contributed by atoms with Crippen molar-refractivity contribution in [3.8, 4) is 0 Å². The number of rotatable bonds is 11. The van der Waals surface area contributed by atoms with E-state index in [9.17, 15) is 22.4 Å². The number of sulfonamides is 1. The molecule has 2 aromatic carbocycles. The highest BCUT2D eigenvalue weighted by atomic mass is 35.5. The number of hydrogen-bond donors (Lipinski definition) is 2. The van der Waals surface area contributed by atoms with E-state index in [1.165, 1.54) is 18.4 Å². The normalized spacial score (nSPS) is 12.8. The van der Waals surface area contributed by atoms with E-state index in [-0.39, 0.29) is 34.8 Å². The van der Waals surface area contributed by atoms with Gasteiger partial charge in [0, 0.05) is 30.2 Å².